The first-order valence-corrected chi connectivity index (χ1v) is 12.4. The van der Waals surface area contributed by atoms with Gasteiger partial charge in [0.2, 0.25) is 5.76 Å². The Morgan fingerprint density at radius 3 is 2.39 bits per heavy atom. The fraction of sp³-hybridized carbons (Fsp3) is 0.100. The molecule has 8 heteroatoms. The highest BCUT2D eigenvalue weighted by atomic mass is 35.5. The normalized spacial score (nSPS) is 18.0. The van der Waals surface area contributed by atoms with E-state index in [-0.39, 0.29) is 30.0 Å². The molecule has 2 aliphatic rings. The molecule has 1 atom stereocenters. The molecule has 0 saturated heterocycles. The van der Waals surface area contributed by atoms with Gasteiger partial charge in [-0.15, -0.1) is 0 Å². The minimum atomic E-state index is -1.73. The van der Waals surface area contributed by atoms with Crippen LogP contribution in [0.15, 0.2) is 105 Å². The molecule has 7 nitrogen and oxygen atoms in total. The Balaban J connectivity index is 1.53. The lowest BCUT2D eigenvalue weighted by Crippen LogP contribution is -2.52. The van der Waals surface area contributed by atoms with Crippen LogP contribution in [-0.4, -0.2) is 16.7 Å². The van der Waals surface area contributed by atoms with E-state index >= 15 is 0 Å². The Morgan fingerprint density at radius 1 is 0.816 bits per heavy atom. The van der Waals surface area contributed by atoms with E-state index in [0.717, 1.165) is 5.56 Å². The van der Waals surface area contributed by atoms with E-state index in [1.165, 1.54) is 11.2 Å². The van der Waals surface area contributed by atoms with Crippen molar-refractivity contribution in [3.8, 4) is 0 Å². The maximum atomic E-state index is 14.7. The summed E-state index contributed by atoms with van der Waals surface area (Å²) in [6.45, 7) is 0.125. The zero-order valence-corrected chi connectivity index (χ0v) is 20.6. The standard InChI is InChI=1S/C30H19ClN2O5/c31-22-12-4-1-8-18(22)16-32-23-13-5-3-11-21(23)30(29(32)36)25-26(34)20-10-2-6-14-24(20)38-27(25)28(35)33(30)17-19-9-7-15-37-19/h1-15H,16-17H2. The van der Waals surface area contributed by atoms with Crippen LogP contribution in [0.25, 0.3) is 11.0 Å². The highest BCUT2D eigenvalue weighted by Crippen LogP contribution is 2.53. The van der Waals surface area contributed by atoms with E-state index in [9.17, 15) is 14.4 Å². The van der Waals surface area contributed by atoms with Crippen LogP contribution < -0.4 is 10.3 Å². The highest BCUT2D eigenvalue weighted by molar-refractivity contribution is 6.31. The number of carbonyl (C=O) groups is 2. The molecule has 0 fully saturated rings. The third kappa shape index (κ3) is 2.93. The van der Waals surface area contributed by atoms with Gasteiger partial charge in [0.05, 0.1) is 36.0 Å². The molecule has 1 spiro atoms. The summed E-state index contributed by atoms with van der Waals surface area (Å²) in [5.41, 5.74) is 0.00945. The van der Waals surface area contributed by atoms with Crippen LogP contribution in [0.2, 0.25) is 5.02 Å². The number of carbonyl (C=O) groups excluding carboxylic acids is 2. The van der Waals surface area contributed by atoms with E-state index in [4.69, 9.17) is 20.4 Å². The second kappa shape index (κ2) is 8.19. The van der Waals surface area contributed by atoms with Crippen LogP contribution >= 0.6 is 11.6 Å². The van der Waals surface area contributed by atoms with Gasteiger partial charge >= 0.3 is 0 Å². The molecule has 3 aromatic carbocycles. The van der Waals surface area contributed by atoms with Crippen LogP contribution in [0, 0.1) is 0 Å². The zero-order valence-electron chi connectivity index (χ0n) is 19.9. The fourth-order valence-electron chi connectivity index (χ4n) is 5.67. The quantitative estimate of drug-likeness (QED) is 0.312. The van der Waals surface area contributed by atoms with Crippen LogP contribution in [0.4, 0.5) is 5.69 Å². The monoisotopic (exact) mass is 522 g/mol. The maximum absolute atomic E-state index is 14.7. The van der Waals surface area contributed by atoms with E-state index < -0.39 is 22.8 Å². The molecule has 5 aromatic rings. The van der Waals surface area contributed by atoms with Gasteiger partial charge in [0.25, 0.3) is 11.8 Å². The maximum Gasteiger partial charge on any atom is 0.291 e. The Hall–Kier alpha value is -4.62. The van der Waals surface area contributed by atoms with Crippen molar-refractivity contribution in [1.82, 2.24) is 4.90 Å². The Labute approximate surface area is 221 Å². The summed E-state index contributed by atoms with van der Waals surface area (Å²) >= 11 is 6.47. The summed E-state index contributed by atoms with van der Waals surface area (Å²) in [6.07, 6.45) is 1.50. The van der Waals surface area contributed by atoms with Gasteiger partial charge in [0.1, 0.15) is 11.3 Å². The van der Waals surface area contributed by atoms with E-state index in [2.05, 4.69) is 0 Å². The summed E-state index contributed by atoms with van der Waals surface area (Å²) in [7, 11) is 0. The number of hydrogen-bond donors (Lipinski definition) is 0. The Bertz CT molecular complexity index is 1830. The smallest absolute Gasteiger partial charge is 0.291 e. The molecule has 0 saturated carbocycles. The summed E-state index contributed by atoms with van der Waals surface area (Å²) < 4.78 is 11.6. The number of fused-ring (bicyclic) bond motifs is 5. The van der Waals surface area contributed by atoms with Crippen molar-refractivity contribution in [3.63, 3.8) is 0 Å². The first-order chi connectivity index (χ1) is 18.5. The summed E-state index contributed by atoms with van der Waals surface area (Å²) in [5.74, 6) is -0.651. The van der Waals surface area contributed by atoms with Gasteiger partial charge in [-0.1, -0.05) is 60.1 Å². The number of anilines is 1. The second-order valence-electron chi connectivity index (χ2n) is 9.31. The predicted molar refractivity (Wildman–Crippen MR) is 141 cm³/mol. The molecular formula is C30H19ClN2O5. The van der Waals surface area contributed by atoms with Crippen molar-refractivity contribution < 1.29 is 18.4 Å². The van der Waals surface area contributed by atoms with Crippen LogP contribution in [0.3, 0.4) is 0 Å². The molecule has 0 bridgehead atoms. The van der Waals surface area contributed by atoms with Crippen LogP contribution in [0.1, 0.15) is 33.0 Å². The first kappa shape index (κ1) is 22.6. The SMILES string of the molecule is O=C1c2oc3ccccc3c(=O)c2C2(C(=O)N(Cc3ccccc3Cl)c3ccccc32)N1Cc1ccco1. The average Bonchev–Trinajstić information content (AvgIpc) is 3.60. The molecule has 0 N–H and O–H groups in total. The summed E-state index contributed by atoms with van der Waals surface area (Å²) in [4.78, 5) is 45.8. The molecule has 4 heterocycles. The Morgan fingerprint density at radius 2 is 1.58 bits per heavy atom. The van der Waals surface area contributed by atoms with Gasteiger partial charge in [-0.05, 0) is 42.0 Å². The number of benzene rings is 3. The third-order valence-corrected chi connectivity index (χ3v) is 7.69. The highest BCUT2D eigenvalue weighted by Gasteiger charge is 2.65. The molecule has 2 amide bonds. The lowest BCUT2D eigenvalue weighted by molar-refractivity contribution is -0.126. The van der Waals surface area contributed by atoms with Crippen LogP contribution in [0.5, 0.6) is 0 Å². The topological polar surface area (TPSA) is 84.0 Å². The van der Waals surface area contributed by atoms with E-state index in [1.807, 2.05) is 30.3 Å². The summed E-state index contributed by atoms with van der Waals surface area (Å²) in [6, 6.07) is 24.7. The molecule has 0 aliphatic carbocycles. The van der Waals surface area contributed by atoms with E-state index in [1.54, 1.807) is 59.5 Å². The molecule has 7 rings (SSSR count). The number of furan rings is 1. The Kier molecular flexibility index (Phi) is 4.87. The predicted octanol–water partition coefficient (Wildman–Crippen LogP) is 5.49. The average molecular weight is 523 g/mol. The van der Waals surface area contributed by atoms with Gasteiger partial charge in [-0.3, -0.25) is 14.4 Å². The van der Waals surface area contributed by atoms with Gasteiger partial charge in [-0.2, -0.15) is 0 Å². The van der Waals surface area contributed by atoms with Crippen molar-refractivity contribution in [2.24, 2.45) is 0 Å². The van der Waals surface area contributed by atoms with Gasteiger partial charge in [0.15, 0.2) is 11.0 Å². The molecule has 186 valence electrons. The summed E-state index contributed by atoms with van der Waals surface area (Å²) in [5, 5.41) is 0.813. The van der Waals surface area contributed by atoms with Gasteiger partial charge < -0.3 is 18.6 Å². The molecule has 0 radical (unpaired) electrons. The largest absolute Gasteiger partial charge is 0.467 e. The van der Waals surface area contributed by atoms with Crippen molar-refractivity contribution in [3.05, 3.63) is 135 Å². The first-order valence-electron chi connectivity index (χ1n) is 12.1. The van der Waals surface area contributed by atoms with Crippen molar-refractivity contribution in [2.75, 3.05) is 4.90 Å². The number of hydrogen-bond acceptors (Lipinski definition) is 5. The molecule has 2 aliphatic heterocycles. The number of para-hydroxylation sites is 2. The van der Waals surface area contributed by atoms with E-state index in [0.29, 0.717) is 27.4 Å². The number of rotatable bonds is 4. The molecule has 2 aromatic heterocycles. The number of nitrogens with zero attached hydrogens (tertiary/aromatic N) is 2. The second-order valence-corrected chi connectivity index (χ2v) is 9.72. The van der Waals surface area contributed by atoms with Gasteiger partial charge in [-0.25, -0.2) is 0 Å². The zero-order chi connectivity index (χ0) is 26.0. The number of amides is 2. The van der Waals surface area contributed by atoms with Crippen LogP contribution in [-0.2, 0) is 23.4 Å². The molecular weight excluding hydrogens is 504 g/mol. The van der Waals surface area contributed by atoms with Gasteiger partial charge in [0, 0.05) is 10.6 Å². The molecule has 1 unspecified atom stereocenters. The minimum Gasteiger partial charge on any atom is -0.467 e. The lowest BCUT2D eigenvalue weighted by Gasteiger charge is -2.33. The van der Waals surface area contributed by atoms with Crippen molar-refractivity contribution >= 4 is 40.1 Å². The lowest BCUT2D eigenvalue weighted by atomic mass is 9.84. The fourth-order valence-corrected chi connectivity index (χ4v) is 5.87. The third-order valence-electron chi connectivity index (χ3n) is 7.32. The molecule has 38 heavy (non-hydrogen) atoms. The number of halogens is 1. The van der Waals surface area contributed by atoms with Crippen molar-refractivity contribution in [1.29, 1.82) is 0 Å². The van der Waals surface area contributed by atoms with Crippen molar-refractivity contribution in [2.45, 2.75) is 18.6 Å². The minimum absolute atomic E-state index is 0.0202.